The SMILES string of the molecule is NNc1nc2sc3c(c2c2nnc(SCCc4ccccc4)n12)CCC3. The molecule has 1 aliphatic rings. The second-order valence-corrected chi connectivity index (χ2v) is 8.49. The highest BCUT2D eigenvalue weighted by atomic mass is 32.2. The number of thiophene rings is 1. The third-order valence-corrected chi connectivity index (χ3v) is 6.89. The van der Waals surface area contributed by atoms with Crippen LogP contribution in [0.25, 0.3) is 15.9 Å². The lowest BCUT2D eigenvalue weighted by Gasteiger charge is -2.07. The quantitative estimate of drug-likeness (QED) is 0.313. The first-order valence-electron chi connectivity index (χ1n) is 8.68. The van der Waals surface area contributed by atoms with E-state index in [4.69, 9.17) is 10.8 Å². The van der Waals surface area contributed by atoms with Gasteiger partial charge in [-0.2, -0.15) is 0 Å². The summed E-state index contributed by atoms with van der Waals surface area (Å²) in [5.74, 6) is 7.27. The third kappa shape index (κ3) is 2.56. The largest absolute Gasteiger partial charge is 0.293 e. The van der Waals surface area contributed by atoms with E-state index in [2.05, 4.69) is 39.9 Å². The van der Waals surface area contributed by atoms with Crippen LogP contribution in [0.5, 0.6) is 0 Å². The van der Waals surface area contributed by atoms with Gasteiger partial charge in [0.15, 0.2) is 10.8 Å². The number of aryl methyl sites for hydroxylation is 3. The number of nitrogens with two attached hydrogens (primary N) is 1. The Balaban J connectivity index is 1.53. The van der Waals surface area contributed by atoms with Crippen molar-refractivity contribution in [2.24, 2.45) is 5.84 Å². The Morgan fingerprint density at radius 3 is 2.92 bits per heavy atom. The van der Waals surface area contributed by atoms with Gasteiger partial charge in [-0.1, -0.05) is 42.1 Å². The maximum atomic E-state index is 5.75. The van der Waals surface area contributed by atoms with Crippen molar-refractivity contribution < 1.29 is 0 Å². The lowest BCUT2D eigenvalue weighted by molar-refractivity contribution is 0.903. The summed E-state index contributed by atoms with van der Waals surface area (Å²) in [5, 5.41) is 10.9. The van der Waals surface area contributed by atoms with Crippen molar-refractivity contribution in [1.82, 2.24) is 19.6 Å². The molecule has 6 nitrogen and oxygen atoms in total. The van der Waals surface area contributed by atoms with Crippen molar-refractivity contribution >= 4 is 44.9 Å². The predicted octanol–water partition coefficient (Wildman–Crippen LogP) is 3.45. The molecule has 0 spiro atoms. The van der Waals surface area contributed by atoms with Gasteiger partial charge in [0.2, 0.25) is 5.95 Å². The number of rotatable bonds is 5. The highest BCUT2D eigenvalue weighted by molar-refractivity contribution is 7.99. The minimum absolute atomic E-state index is 0.597. The average molecular weight is 383 g/mol. The fourth-order valence-electron chi connectivity index (χ4n) is 3.56. The minimum atomic E-state index is 0.597. The number of aromatic nitrogens is 4. The zero-order valence-corrected chi connectivity index (χ0v) is 15.7. The third-order valence-electron chi connectivity index (χ3n) is 4.77. The fourth-order valence-corrected chi connectivity index (χ4v) is 5.74. The number of nitrogen functional groups attached to an aromatic ring is 1. The monoisotopic (exact) mass is 382 g/mol. The van der Waals surface area contributed by atoms with Gasteiger partial charge in [0.1, 0.15) is 4.83 Å². The van der Waals surface area contributed by atoms with Gasteiger partial charge in [0.05, 0.1) is 5.39 Å². The summed E-state index contributed by atoms with van der Waals surface area (Å²) in [7, 11) is 0. The Morgan fingerprint density at radius 2 is 2.08 bits per heavy atom. The van der Waals surface area contributed by atoms with E-state index in [0.29, 0.717) is 5.95 Å². The van der Waals surface area contributed by atoms with E-state index in [9.17, 15) is 0 Å². The molecule has 0 amide bonds. The Bertz CT molecular complexity index is 1090. The number of nitrogens with zero attached hydrogens (tertiary/aromatic N) is 4. The van der Waals surface area contributed by atoms with Crippen LogP contribution in [0.15, 0.2) is 35.5 Å². The lowest BCUT2D eigenvalue weighted by Crippen LogP contribution is -2.13. The van der Waals surface area contributed by atoms with Crippen LogP contribution < -0.4 is 11.3 Å². The van der Waals surface area contributed by atoms with Gasteiger partial charge < -0.3 is 0 Å². The molecule has 26 heavy (non-hydrogen) atoms. The van der Waals surface area contributed by atoms with Gasteiger partial charge in [-0.15, -0.1) is 21.5 Å². The second-order valence-electron chi connectivity index (χ2n) is 6.34. The van der Waals surface area contributed by atoms with E-state index in [1.54, 1.807) is 23.1 Å². The normalized spacial score (nSPS) is 13.6. The first-order valence-corrected chi connectivity index (χ1v) is 10.5. The first-order chi connectivity index (χ1) is 12.8. The number of fused-ring (bicyclic) bond motifs is 5. The molecule has 1 aromatic carbocycles. The molecule has 0 fully saturated rings. The number of thioether (sulfide) groups is 1. The maximum absolute atomic E-state index is 5.75. The Kier molecular flexibility index (Phi) is 4.03. The predicted molar refractivity (Wildman–Crippen MR) is 107 cm³/mol. The zero-order chi connectivity index (χ0) is 17.5. The Morgan fingerprint density at radius 1 is 1.19 bits per heavy atom. The summed E-state index contributed by atoms with van der Waals surface area (Å²) < 4.78 is 1.96. The first kappa shape index (κ1) is 16.0. The van der Waals surface area contributed by atoms with Crippen molar-refractivity contribution in [1.29, 1.82) is 0 Å². The van der Waals surface area contributed by atoms with E-state index in [0.717, 1.165) is 46.0 Å². The molecule has 0 bridgehead atoms. The molecule has 0 unspecified atom stereocenters. The molecule has 3 aromatic heterocycles. The van der Waals surface area contributed by atoms with Crippen molar-refractivity contribution in [3.05, 3.63) is 46.3 Å². The smallest absolute Gasteiger partial charge is 0.226 e. The van der Waals surface area contributed by atoms with E-state index in [-0.39, 0.29) is 0 Å². The van der Waals surface area contributed by atoms with Crippen LogP contribution in [0, 0.1) is 0 Å². The van der Waals surface area contributed by atoms with Gasteiger partial charge in [0.25, 0.3) is 0 Å². The highest BCUT2D eigenvalue weighted by Crippen LogP contribution is 2.39. The molecule has 5 rings (SSSR count). The number of hydrazine groups is 1. The van der Waals surface area contributed by atoms with Crippen LogP contribution >= 0.6 is 23.1 Å². The molecule has 132 valence electrons. The van der Waals surface area contributed by atoms with Crippen LogP contribution in [0.2, 0.25) is 0 Å². The molecule has 3 N–H and O–H groups in total. The lowest BCUT2D eigenvalue weighted by atomic mass is 10.2. The highest BCUT2D eigenvalue weighted by Gasteiger charge is 2.24. The number of benzene rings is 1. The standard InChI is InChI=1S/C18H18N6S2/c19-21-17-20-16-14(12-7-4-8-13(12)26-16)15-22-23-18(24(15)17)25-10-9-11-5-2-1-3-6-11/h1-3,5-6H,4,7-10,19H2,(H,20,21). The van der Waals surface area contributed by atoms with Crippen LogP contribution in [0.3, 0.4) is 0 Å². The molecule has 0 saturated heterocycles. The molecule has 4 aromatic rings. The van der Waals surface area contributed by atoms with E-state index < -0.39 is 0 Å². The molecule has 8 heteroatoms. The molecule has 1 aliphatic carbocycles. The second kappa shape index (κ2) is 6.53. The summed E-state index contributed by atoms with van der Waals surface area (Å²) >= 11 is 3.44. The van der Waals surface area contributed by atoms with Crippen molar-refractivity contribution in [2.45, 2.75) is 30.8 Å². The van der Waals surface area contributed by atoms with Crippen LogP contribution in [0.4, 0.5) is 5.95 Å². The Labute approximate surface area is 158 Å². The number of hydrogen-bond acceptors (Lipinski definition) is 7. The van der Waals surface area contributed by atoms with Crippen molar-refractivity contribution in [3.8, 4) is 0 Å². The van der Waals surface area contributed by atoms with E-state index in [1.165, 1.54) is 22.4 Å². The Hall–Kier alpha value is -2.16. The van der Waals surface area contributed by atoms with Gasteiger partial charge in [-0.3, -0.25) is 5.43 Å². The molecule has 0 saturated carbocycles. The summed E-state index contributed by atoms with van der Waals surface area (Å²) in [6.45, 7) is 0. The van der Waals surface area contributed by atoms with Gasteiger partial charge in [-0.05, 0) is 36.8 Å². The van der Waals surface area contributed by atoms with Gasteiger partial charge in [0, 0.05) is 10.6 Å². The molecule has 0 radical (unpaired) electrons. The molecule has 0 aliphatic heterocycles. The minimum Gasteiger partial charge on any atom is -0.293 e. The van der Waals surface area contributed by atoms with Crippen LogP contribution in [0.1, 0.15) is 22.4 Å². The maximum Gasteiger partial charge on any atom is 0.226 e. The molecule has 0 atom stereocenters. The summed E-state index contributed by atoms with van der Waals surface area (Å²) in [6, 6.07) is 10.5. The topological polar surface area (TPSA) is 81.1 Å². The molecular formula is C18H18N6S2. The average Bonchev–Trinajstić information content (AvgIpc) is 3.36. The van der Waals surface area contributed by atoms with Gasteiger partial charge in [-0.25, -0.2) is 15.2 Å². The number of hydrogen-bond donors (Lipinski definition) is 2. The van der Waals surface area contributed by atoms with E-state index in [1.807, 2.05) is 10.5 Å². The zero-order valence-electron chi connectivity index (χ0n) is 14.1. The van der Waals surface area contributed by atoms with E-state index >= 15 is 0 Å². The molecular weight excluding hydrogens is 364 g/mol. The van der Waals surface area contributed by atoms with Crippen molar-refractivity contribution in [3.63, 3.8) is 0 Å². The van der Waals surface area contributed by atoms with Crippen molar-refractivity contribution in [2.75, 3.05) is 11.2 Å². The van der Waals surface area contributed by atoms with Crippen LogP contribution in [-0.4, -0.2) is 25.3 Å². The summed E-state index contributed by atoms with van der Waals surface area (Å²) in [5.41, 5.74) is 6.32. The summed E-state index contributed by atoms with van der Waals surface area (Å²) in [6.07, 6.45) is 4.44. The summed E-state index contributed by atoms with van der Waals surface area (Å²) in [4.78, 5) is 7.17. The van der Waals surface area contributed by atoms with Crippen LogP contribution in [-0.2, 0) is 19.3 Å². The fraction of sp³-hybridized carbons (Fsp3) is 0.278. The molecule has 3 heterocycles. The number of nitrogens with one attached hydrogen (secondary N) is 1. The van der Waals surface area contributed by atoms with Gasteiger partial charge >= 0.3 is 0 Å². The number of anilines is 1.